The van der Waals surface area contributed by atoms with E-state index in [1.807, 2.05) is 36.4 Å². The third-order valence-corrected chi connectivity index (χ3v) is 6.46. The highest BCUT2D eigenvalue weighted by atomic mass is 35.5. The van der Waals surface area contributed by atoms with Gasteiger partial charge in [0, 0.05) is 10.1 Å². The maximum atomic E-state index is 12.7. The minimum absolute atomic E-state index is 0.277. The fraction of sp³-hybridized carbons (Fsp3) is 0.111. The molecule has 0 aliphatic rings. The van der Waals surface area contributed by atoms with Crippen molar-refractivity contribution in [1.82, 2.24) is 4.98 Å². The number of nitrogens with one attached hydrogen (secondary N) is 1. The highest BCUT2D eigenvalue weighted by Gasteiger charge is 2.19. The number of benzene rings is 2. The third kappa shape index (κ3) is 2.98. The van der Waals surface area contributed by atoms with Crippen LogP contribution in [0.3, 0.4) is 0 Å². The number of aromatic nitrogens is 1. The summed E-state index contributed by atoms with van der Waals surface area (Å²) in [6, 6.07) is 11.2. The molecule has 5 nitrogen and oxygen atoms in total. The molecule has 0 fully saturated rings. The average Bonchev–Trinajstić information content (AvgIpc) is 3.21. The molecule has 2 aromatic heterocycles. The summed E-state index contributed by atoms with van der Waals surface area (Å²) >= 11 is 9.15. The van der Waals surface area contributed by atoms with Crippen LogP contribution < -0.4 is 14.8 Å². The molecule has 0 bridgehead atoms. The summed E-state index contributed by atoms with van der Waals surface area (Å²) in [6.07, 6.45) is 0. The Morgan fingerprint density at radius 3 is 2.54 bits per heavy atom. The quantitative estimate of drug-likeness (QED) is 0.492. The molecule has 0 spiro atoms. The molecular weight excluding hydrogens is 392 g/mol. The number of amides is 1. The van der Waals surface area contributed by atoms with Gasteiger partial charge in [-0.1, -0.05) is 22.9 Å². The number of carbonyl (C=O) groups is 1. The normalized spacial score (nSPS) is 11.0. The summed E-state index contributed by atoms with van der Waals surface area (Å²) < 4.78 is 12.3. The van der Waals surface area contributed by atoms with Crippen LogP contribution in [0.2, 0.25) is 5.02 Å². The number of ether oxygens (including phenoxy) is 2. The fourth-order valence-corrected chi connectivity index (χ4v) is 4.83. The van der Waals surface area contributed by atoms with Crippen LogP contribution >= 0.6 is 34.3 Å². The minimum Gasteiger partial charge on any atom is -0.497 e. The molecule has 0 radical (unpaired) electrons. The Kier molecular flexibility index (Phi) is 4.44. The van der Waals surface area contributed by atoms with Crippen molar-refractivity contribution in [2.75, 3.05) is 19.5 Å². The number of fused-ring (bicyclic) bond motifs is 2. The summed E-state index contributed by atoms with van der Waals surface area (Å²) in [6.45, 7) is 0. The predicted molar refractivity (Wildman–Crippen MR) is 108 cm³/mol. The molecule has 0 saturated carbocycles. The van der Waals surface area contributed by atoms with Gasteiger partial charge in [-0.15, -0.1) is 11.3 Å². The smallest absolute Gasteiger partial charge is 0.269 e. The van der Waals surface area contributed by atoms with Crippen molar-refractivity contribution in [2.45, 2.75) is 0 Å². The second kappa shape index (κ2) is 6.75. The lowest BCUT2D eigenvalue weighted by atomic mass is 10.2. The first-order valence-electron chi connectivity index (χ1n) is 7.61. The minimum atomic E-state index is -0.277. The lowest BCUT2D eigenvalue weighted by Crippen LogP contribution is -2.10. The van der Waals surface area contributed by atoms with Gasteiger partial charge >= 0.3 is 0 Å². The summed E-state index contributed by atoms with van der Waals surface area (Å²) in [5.41, 5.74) is 0.804. The topological polar surface area (TPSA) is 60.5 Å². The Hall–Kier alpha value is -2.35. The van der Waals surface area contributed by atoms with Crippen molar-refractivity contribution in [1.29, 1.82) is 0 Å². The van der Waals surface area contributed by atoms with Gasteiger partial charge in [-0.05, 0) is 36.4 Å². The summed E-state index contributed by atoms with van der Waals surface area (Å²) in [5, 5.41) is 4.58. The van der Waals surface area contributed by atoms with Gasteiger partial charge in [0.25, 0.3) is 5.91 Å². The van der Waals surface area contributed by atoms with E-state index in [2.05, 4.69) is 10.3 Å². The highest BCUT2D eigenvalue weighted by molar-refractivity contribution is 7.23. The molecular formula is C18H13ClN2O3S2. The van der Waals surface area contributed by atoms with Gasteiger partial charge < -0.3 is 9.47 Å². The van der Waals surface area contributed by atoms with Crippen LogP contribution in [0.5, 0.6) is 11.5 Å². The number of rotatable bonds is 4. The molecule has 1 amide bonds. The Labute approximate surface area is 162 Å². The van der Waals surface area contributed by atoms with Gasteiger partial charge in [0.2, 0.25) is 0 Å². The van der Waals surface area contributed by atoms with Crippen molar-refractivity contribution < 1.29 is 14.3 Å². The van der Waals surface area contributed by atoms with Gasteiger partial charge in [-0.3, -0.25) is 10.1 Å². The Morgan fingerprint density at radius 1 is 1.04 bits per heavy atom. The van der Waals surface area contributed by atoms with Crippen LogP contribution in [0.25, 0.3) is 20.3 Å². The lowest BCUT2D eigenvalue weighted by Gasteiger charge is -1.99. The number of hydrogen-bond acceptors (Lipinski definition) is 6. The second-order valence-corrected chi connectivity index (χ2v) is 7.87. The van der Waals surface area contributed by atoms with Crippen LogP contribution in [-0.4, -0.2) is 25.1 Å². The van der Waals surface area contributed by atoms with E-state index < -0.39 is 0 Å². The molecule has 4 rings (SSSR count). The van der Waals surface area contributed by atoms with E-state index in [0.717, 1.165) is 26.1 Å². The van der Waals surface area contributed by atoms with E-state index in [0.29, 0.717) is 20.8 Å². The number of halogens is 1. The van der Waals surface area contributed by atoms with Crippen LogP contribution in [0.1, 0.15) is 9.67 Å². The van der Waals surface area contributed by atoms with Crippen molar-refractivity contribution in [3.8, 4) is 11.5 Å². The number of anilines is 1. The molecule has 0 unspecified atom stereocenters. The molecule has 8 heteroatoms. The molecule has 26 heavy (non-hydrogen) atoms. The molecule has 1 N–H and O–H groups in total. The highest BCUT2D eigenvalue weighted by Crippen LogP contribution is 2.38. The molecule has 132 valence electrons. The number of nitrogens with zero attached hydrogens (tertiary/aromatic N) is 1. The third-order valence-electron chi connectivity index (χ3n) is 3.86. The molecule has 2 heterocycles. The van der Waals surface area contributed by atoms with Gasteiger partial charge in [0.15, 0.2) is 5.13 Å². The van der Waals surface area contributed by atoms with Crippen molar-refractivity contribution >= 4 is 65.6 Å². The zero-order valence-electron chi connectivity index (χ0n) is 13.8. The Morgan fingerprint density at radius 2 is 1.77 bits per heavy atom. The van der Waals surface area contributed by atoms with Gasteiger partial charge in [0.1, 0.15) is 16.4 Å². The van der Waals surface area contributed by atoms with Crippen LogP contribution in [0.4, 0.5) is 5.13 Å². The summed E-state index contributed by atoms with van der Waals surface area (Å²) in [4.78, 5) is 17.6. The van der Waals surface area contributed by atoms with Crippen LogP contribution in [-0.2, 0) is 0 Å². The lowest BCUT2D eigenvalue weighted by molar-refractivity contribution is 0.103. The van der Waals surface area contributed by atoms with E-state index in [4.69, 9.17) is 21.1 Å². The van der Waals surface area contributed by atoms with E-state index in [-0.39, 0.29) is 5.91 Å². The molecule has 4 aromatic rings. The number of methoxy groups -OCH3 is 2. The first-order valence-corrected chi connectivity index (χ1v) is 9.62. The maximum Gasteiger partial charge on any atom is 0.269 e. The van der Waals surface area contributed by atoms with Crippen molar-refractivity contribution in [3.63, 3.8) is 0 Å². The Bertz CT molecular complexity index is 1140. The summed E-state index contributed by atoms with van der Waals surface area (Å²) in [5.74, 6) is 1.17. The van der Waals surface area contributed by atoms with E-state index >= 15 is 0 Å². The zero-order chi connectivity index (χ0) is 18.3. The summed E-state index contributed by atoms with van der Waals surface area (Å²) in [7, 11) is 3.21. The maximum absolute atomic E-state index is 12.7. The average molecular weight is 405 g/mol. The number of thiazole rings is 1. The van der Waals surface area contributed by atoms with Gasteiger partial charge in [0.05, 0.1) is 29.5 Å². The molecule has 0 aliphatic heterocycles. The fourth-order valence-electron chi connectivity index (χ4n) is 2.56. The number of hydrogen-bond donors (Lipinski definition) is 1. The first kappa shape index (κ1) is 17.1. The van der Waals surface area contributed by atoms with Gasteiger partial charge in [-0.25, -0.2) is 4.98 Å². The van der Waals surface area contributed by atoms with Crippen LogP contribution in [0.15, 0.2) is 36.4 Å². The standard InChI is InChI=1S/C18H13ClN2O3S2/c1-23-9-4-6-13-11(7-9)15(19)16(25-13)17(22)21-18-20-12-5-3-10(24-2)8-14(12)26-18/h3-8H,1-2H3,(H,20,21,22). The van der Waals surface area contributed by atoms with Gasteiger partial charge in [-0.2, -0.15) is 0 Å². The van der Waals surface area contributed by atoms with Crippen molar-refractivity contribution in [3.05, 3.63) is 46.3 Å². The Balaban J connectivity index is 1.65. The molecule has 2 aromatic carbocycles. The first-order chi connectivity index (χ1) is 12.6. The second-order valence-electron chi connectivity index (χ2n) is 5.41. The molecule has 0 atom stereocenters. The van der Waals surface area contributed by atoms with E-state index in [1.165, 1.54) is 22.7 Å². The monoisotopic (exact) mass is 404 g/mol. The van der Waals surface area contributed by atoms with E-state index in [1.54, 1.807) is 14.2 Å². The van der Waals surface area contributed by atoms with Crippen molar-refractivity contribution in [2.24, 2.45) is 0 Å². The molecule has 0 saturated heterocycles. The molecule has 0 aliphatic carbocycles. The number of thiophene rings is 1. The number of carbonyl (C=O) groups excluding carboxylic acids is 1. The SMILES string of the molecule is COc1ccc2nc(NC(=O)c3sc4ccc(OC)cc4c3Cl)sc2c1. The zero-order valence-corrected chi connectivity index (χ0v) is 16.2. The largest absolute Gasteiger partial charge is 0.497 e. The predicted octanol–water partition coefficient (Wildman–Crippen LogP) is 5.43. The van der Waals surface area contributed by atoms with Crippen LogP contribution in [0, 0.1) is 0 Å². The van der Waals surface area contributed by atoms with E-state index in [9.17, 15) is 4.79 Å².